The zero-order chi connectivity index (χ0) is 8.84. The highest BCUT2D eigenvalue weighted by atomic mass is 14.5. The Kier molecular flexibility index (Phi) is 1.92. The number of rotatable bonds is 2. The van der Waals surface area contributed by atoms with E-state index in [-0.39, 0.29) is 0 Å². The van der Waals surface area contributed by atoms with E-state index in [1.165, 1.54) is 36.5 Å². The molecular formula is C13H22. The number of hydrogen-bond donors (Lipinski definition) is 0. The molecule has 3 aliphatic carbocycles. The second kappa shape index (κ2) is 3.00. The van der Waals surface area contributed by atoms with Crippen LogP contribution in [0.5, 0.6) is 0 Å². The molecule has 0 aliphatic heterocycles. The van der Waals surface area contributed by atoms with Crippen molar-refractivity contribution >= 4 is 0 Å². The van der Waals surface area contributed by atoms with Crippen LogP contribution in [0.15, 0.2) is 0 Å². The molecule has 0 saturated heterocycles. The summed E-state index contributed by atoms with van der Waals surface area (Å²) >= 11 is 0. The average Bonchev–Trinajstić information content (AvgIpc) is 2.65. The molecule has 3 rings (SSSR count). The normalized spacial score (nSPS) is 50.5. The highest BCUT2D eigenvalue weighted by Crippen LogP contribution is 2.58. The minimum atomic E-state index is 1.06. The molecular weight excluding hydrogens is 156 g/mol. The maximum Gasteiger partial charge on any atom is -0.0352 e. The Hall–Kier alpha value is 0. The Morgan fingerprint density at radius 3 is 2.00 bits per heavy atom. The van der Waals surface area contributed by atoms with Gasteiger partial charge in [-0.15, -0.1) is 0 Å². The Labute approximate surface area is 82.1 Å². The van der Waals surface area contributed by atoms with Crippen molar-refractivity contribution in [3.8, 4) is 0 Å². The molecule has 0 spiro atoms. The van der Waals surface area contributed by atoms with Crippen LogP contribution in [0.2, 0.25) is 0 Å². The van der Waals surface area contributed by atoms with E-state index in [2.05, 4.69) is 6.92 Å². The van der Waals surface area contributed by atoms with Crippen LogP contribution in [-0.2, 0) is 0 Å². The van der Waals surface area contributed by atoms with Gasteiger partial charge in [0.05, 0.1) is 0 Å². The molecule has 2 atom stereocenters. The summed E-state index contributed by atoms with van der Waals surface area (Å²) in [5.41, 5.74) is 0. The van der Waals surface area contributed by atoms with Gasteiger partial charge < -0.3 is 0 Å². The topological polar surface area (TPSA) is 0 Å². The Bertz CT molecular complexity index is 184. The molecule has 0 heteroatoms. The first kappa shape index (κ1) is 8.32. The third-order valence-corrected chi connectivity index (χ3v) is 4.91. The van der Waals surface area contributed by atoms with E-state index in [1.807, 2.05) is 0 Å². The Balaban J connectivity index is 1.49. The molecule has 3 aliphatic rings. The van der Waals surface area contributed by atoms with Gasteiger partial charge >= 0.3 is 0 Å². The molecule has 0 N–H and O–H groups in total. The maximum atomic E-state index is 2.42. The van der Waals surface area contributed by atoms with Crippen LogP contribution in [0, 0.1) is 29.6 Å². The van der Waals surface area contributed by atoms with Crippen molar-refractivity contribution in [1.29, 1.82) is 0 Å². The van der Waals surface area contributed by atoms with Gasteiger partial charge in [0.25, 0.3) is 0 Å². The van der Waals surface area contributed by atoms with Crippen molar-refractivity contribution in [2.24, 2.45) is 29.6 Å². The lowest BCUT2D eigenvalue weighted by molar-refractivity contribution is 0.171. The Morgan fingerprint density at radius 1 is 0.769 bits per heavy atom. The highest BCUT2D eigenvalue weighted by molar-refractivity contribution is 4.99. The fourth-order valence-corrected chi connectivity index (χ4v) is 4.02. The van der Waals surface area contributed by atoms with Crippen molar-refractivity contribution in [1.82, 2.24) is 0 Å². The van der Waals surface area contributed by atoms with Gasteiger partial charge in [-0.25, -0.2) is 0 Å². The smallest absolute Gasteiger partial charge is 0.0352 e. The van der Waals surface area contributed by atoms with E-state index in [0.717, 1.165) is 5.92 Å². The minimum Gasteiger partial charge on any atom is -0.0625 e. The van der Waals surface area contributed by atoms with Crippen LogP contribution in [0.25, 0.3) is 0 Å². The van der Waals surface area contributed by atoms with E-state index < -0.39 is 0 Å². The third-order valence-electron chi connectivity index (χ3n) is 4.91. The molecule has 74 valence electrons. The standard InChI is InChI=1S/C13H22/c1-9-6-11(7-9)13-8-12(13)10-4-2-3-5-10/h9-13H,2-8H2,1H3. The molecule has 0 amide bonds. The van der Waals surface area contributed by atoms with Gasteiger partial charge in [0.1, 0.15) is 0 Å². The molecule has 3 fully saturated rings. The molecule has 13 heavy (non-hydrogen) atoms. The molecule has 0 nitrogen and oxygen atoms in total. The average molecular weight is 178 g/mol. The van der Waals surface area contributed by atoms with E-state index in [4.69, 9.17) is 0 Å². The lowest BCUT2D eigenvalue weighted by Crippen LogP contribution is -2.23. The van der Waals surface area contributed by atoms with E-state index in [9.17, 15) is 0 Å². The third kappa shape index (κ3) is 1.43. The molecule has 0 heterocycles. The van der Waals surface area contributed by atoms with Crippen molar-refractivity contribution in [2.45, 2.75) is 51.9 Å². The minimum absolute atomic E-state index is 1.06. The fraction of sp³-hybridized carbons (Fsp3) is 1.00. The van der Waals surface area contributed by atoms with Gasteiger partial charge in [-0.1, -0.05) is 32.6 Å². The quantitative estimate of drug-likeness (QED) is 0.602. The second-order valence-electron chi connectivity index (χ2n) is 5.94. The molecule has 0 aromatic carbocycles. The van der Waals surface area contributed by atoms with Crippen LogP contribution in [-0.4, -0.2) is 0 Å². The van der Waals surface area contributed by atoms with Gasteiger partial charge in [-0.2, -0.15) is 0 Å². The molecule has 3 saturated carbocycles. The first-order chi connectivity index (χ1) is 6.34. The first-order valence-corrected chi connectivity index (χ1v) is 6.34. The highest BCUT2D eigenvalue weighted by Gasteiger charge is 2.49. The summed E-state index contributed by atoms with van der Waals surface area (Å²) in [6, 6.07) is 0. The molecule has 0 aromatic heterocycles. The predicted octanol–water partition coefficient (Wildman–Crippen LogP) is 3.86. The maximum absolute atomic E-state index is 2.42. The lowest BCUT2D eigenvalue weighted by atomic mass is 9.72. The molecule has 0 aromatic rings. The van der Waals surface area contributed by atoms with Gasteiger partial charge in [0, 0.05) is 0 Å². The fourth-order valence-electron chi connectivity index (χ4n) is 4.02. The largest absolute Gasteiger partial charge is 0.0625 e. The Morgan fingerprint density at radius 2 is 1.38 bits per heavy atom. The van der Waals surface area contributed by atoms with Crippen molar-refractivity contribution in [3.63, 3.8) is 0 Å². The van der Waals surface area contributed by atoms with Crippen LogP contribution >= 0.6 is 0 Å². The summed E-state index contributed by atoms with van der Waals surface area (Å²) < 4.78 is 0. The first-order valence-electron chi connectivity index (χ1n) is 6.34. The summed E-state index contributed by atoms with van der Waals surface area (Å²) in [5, 5.41) is 0. The zero-order valence-electron chi connectivity index (χ0n) is 8.84. The summed E-state index contributed by atoms with van der Waals surface area (Å²) in [5.74, 6) is 5.79. The van der Waals surface area contributed by atoms with Crippen molar-refractivity contribution in [3.05, 3.63) is 0 Å². The monoisotopic (exact) mass is 178 g/mol. The van der Waals surface area contributed by atoms with Gasteiger partial charge in [-0.3, -0.25) is 0 Å². The summed E-state index contributed by atoms with van der Waals surface area (Å²) in [7, 11) is 0. The van der Waals surface area contributed by atoms with Crippen LogP contribution < -0.4 is 0 Å². The molecule has 2 unspecified atom stereocenters. The van der Waals surface area contributed by atoms with Crippen LogP contribution in [0.4, 0.5) is 0 Å². The van der Waals surface area contributed by atoms with E-state index in [0.29, 0.717) is 0 Å². The predicted molar refractivity (Wildman–Crippen MR) is 55.4 cm³/mol. The number of hydrogen-bond acceptors (Lipinski definition) is 0. The second-order valence-corrected chi connectivity index (χ2v) is 5.94. The zero-order valence-corrected chi connectivity index (χ0v) is 8.84. The summed E-state index contributed by atoms with van der Waals surface area (Å²) in [6.07, 6.45) is 11.0. The van der Waals surface area contributed by atoms with Gasteiger partial charge in [0.2, 0.25) is 0 Å². The van der Waals surface area contributed by atoms with Crippen molar-refractivity contribution < 1.29 is 0 Å². The molecule has 0 radical (unpaired) electrons. The van der Waals surface area contributed by atoms with Crippen LogP contribution in [0.1, 0.15) is 51.9 Å². The van der Waals surface area contributed by atoms with E-state index >= 15 is 0 Å². The van der Waals surface area contributed by atoms with Crippen LogP contribution in [0.3, 0.4) is 0 Å². The van der Waals surface area contributed by atoms with E-state index in [1.54, 1.807) is 32.1 Å². The lowest BCUT2D eigenvalue weighted by Gasteiger charge is -2.33. The molecule has 0 bridgehead atoms. The van der Waals surface area contributed by atoms with Gasteiger partial charge in [-0.05, 0) is 48.9 Å². The van der Waals surface area contributed by atoms with Crippen molar-refractivity contribution in [2.75, 3.05) is 0 Å². The summed E-state index contributed by atoms with van der Waals surface area (Å²) in [6.45, 7) is 2.42. The van der Waals surface area contributed by atoms with Gasteiger partial charge in [0.15, 0.2) is 0 Å². The summed E-state index contributed by atoms with van der Waals surface area (Å²) in [4.78, 5) is 0. The SMILES string of the molecule is CC1CC(C2CC2C2CCCC2)C1.